The van der Waals surface area contributed by atoms with Crippen LogP contribution in [0.4, 0.5) is 0 Å². The summed E-state index contributed by atoms with van der Waals surface area (Å²) in [6.07, 6.45) is 4.07. The summed E-state index contributed by atoms with van der Waals surface area (Å²) in [4.78, 5) is 14.3. The number of phenols is 1. The molecule has 2 fully saturated rings. The number of likely N-dealkylation sites (tertiary alicyclic amines) is 1. The normalized spacial score (nSPS) is 21.3. The van der Waals surface area contributed by atoms with Crippen LogP contribution in [-0.2, 0) is 11.2 Å². The van der Waals surface area contributed by atoms with Crippen molar-refractivity contribution in [3.8, 4) is 5.75 Å². The Bertz CT molecular complexity index is 543. The quantitative estimate of drug-likeness (QED) is 0.895. The van der Waals surface area contributed by atoms with Gasteiger partial charge in [-0.15, -0.1) is 0 Å². The molecule has 1 aliphatic carbocycles. The number of phenolic OH excluding ortho intramolecular Hbond substituents is 1. The lowest BCUT2D eigenvalue weighted by Crippen LogP contribution is -2.42. The molecule has 0 radical (unpaired) electrons. The first-order valence-corrected chi connectivity index (χ1v) is 7.76. The number of rotatable bonds is 3. The van der Waals surface area contributed by atoms with E-state index in [1.54, 1.807) is 12.1 Å². The van der Waals surface area contributed by atoms with Gasteiger partial charge < -0.3 is 15.1 Å². The van der Waals surface area contributed by atoms with Gasteiger partial charge in [-0.05, 0) is 61.8 Å². The van der Waals surface area contributed by atoms with Crippen LogP contribution in [0.25, 0.3) is 0 Å². The number of carbonyl (C=O) groups is 1. The average Bonchev–Trinajstić information content (AvgIpc) is 3.21. The van der Waals surface area contributed by atoms with E-state index in [1.165, 1.54) is 0 Å². The van der Waals surface area contributed by atoms with Gasteiger partial charge >= 0.3 is 0 Å². The second-order valence-corrected chi connectivity index (χ2v) is 6.55. The molecule has 114 valence electrons. The van der Waals surface area contributed by atoms with E-state index in [0.29, 0.717) is 12.3 Å². The van der Waals surface area contributed by atoms with Gasteiger partial charge in [0.25, 0.3) is 0 Å². The highest BCUT2D eigenvalue weighted by atomic mass is 16.3. The lowest BCUT2D eigenvalue weighted by molar-refractivity contribution is -0.132. The minimum Gasteiger partial charge on any atom is -0.508 e. The SMILES string of the molecule is Cc1cc(O)ccc1CC(=O)N1CCC(C2(O)CC2)CC1. The Morgan fingerprint density at radius 1 is 1.33 bits per heavy atom. The van der Waals surface area contributed by atoms with Crippen LogP contribution in [0.5, 0.6) is 5.75 Å². The zero-order valence-corrected chi connectivity index (χ0v) is 12.5. The number of piperidine rings is 1. The van der Waals surface area contributed by atoms with Gasteiger partial charge in [0.1, 0.15) is 5.75 Å². The fourth-order valence-corrected chi connectivity index (χ4v) is 3.36. The number of hydrogen-bond donors (Lipinski definition) is 2. The lowest BCUT2D eigenvalue weighted by Gasteiger charge is -2.34. The van der Waals surface area contributed by atoms with Crippen molar-refractivity contribution in [2.45, 2.75) is 44.6 Å². The third kappa shape index (κ3) is 3.05. The third-order valence-corrected chi connectivity index (χ3v) is 5.04. The maximum absolute atomic E-state index is 12.4. The smallest absolute Gasteiger partial charge is 0.226 e. The molecule has 0 unspecified atom stereocenters. The van der Waals surface area contributed by atoms with Gasteiger partial charge in [0, 0.05) is 13.1 Å². The van der Waals surface area contributed by atoms with Crippen LogP contribution < -0.4 is 0 Å². The molecule has 0 bridgehead atoms. The van der Waals surface area contributed by atoms with E-state index in [2.05, 4.69) is 0 Å². The molecule has 1 heterocycles. The van der Waals surface area contributed by atoms with Gasteiger partial charge in [0.05, 0.1) is 12.0 Å². The first-order valence-electron chi connectivity index (χ1n) is 7.76. The molecule has 1 aromatic rings. The summed E-state index contributed by atoms with van der Waals surface area (Å²) < 4.78 is 0. The van der Waals surface area contributed by atoms with Crippen molar-refractivity contribution in [3.63, 3.8) is 0 Å². The molecule has 1 aliphatic heterocycles. The number of hydrogen-bond acceptors (Lipinski definition) is 3. The molecule has 2 N–H and O–H groups in total. The average molecular weight is 289 g/mol. The van der Waals surface area contributed by atoms with Crippen LogP contribution in [0.3, 0.4) is 0 Å². The third-order valence-electron chi connectivity index (χ3n) is 5.04. The van der Waals surface area contributed by atoms with Crippen molar-refractivity contribution in [3.05, 3.63) is 29.3 Å². The summed E-state index contributed by atoms with van der Waals surface area (Å²) in [5.74, 6) is 0.754. The van der Waals surface area contributed by atoms with Gasteiger partial charge in [0.15, 0.2) is 0 Å². The van der Waals surface area contributed by atoms with E-state index in [-0.39, 0.29) is 11.7 Å². The van der Waals surface area contributed by atoms with Gasteiger partial charge in [-0.3, -0.25) is 4.79 Å². The van der Waals surface area contributed by atoms with Crippen LogP contribution in [-0.4, -0.2) is 39.7 Å². The summed E-state index contributed by atoms with van der Waals surface area (Å²) in [6, 6.07) is 5.14. The zero-order chi connectivity index (χ0) is 15.0. The predicted octanol–water partition coefficient (Wildman–Crippen LogP) is 2.01. The molecule has 1 saturated carbocycles. The monoisotopic (exact) mass is 289 g/mol. The number of aliphatic hydroxyl groups is 1. The molecular weight excluding hydrogens is 266 g/mol. The number of aryl methyl sites for hydroxylation is 1. The molecule has 0 spiro atoms. The van der Waals surface area contributed by atoms with Crippen LogP contribution in [0, 0.1) is 12.8 Å². The molecule has 3 rings (SSSR count). The summed E-state index contributed by atoms with van der Waals surface area (Å²) in [5.41, 5.74) is 1.51. The standard InChI is InChI=1S/C17H23NO3/c1-12-10-15(19)3-2-13(12)11-16(20)18-8-4-14(5-9-18)17(21)6-7-17/h2-3,10,14,19,21H,4-9,11H2,1H3. The van der Waals surface area contributed by atoms with Crippen LogP contribution in [0.1, 0.15) is 36.8 Å². The molecule has 4 heteroatoms. The predicted molar refractivity (Wildman–Crippen MR) is 80.0 cm³/mol. The topological polar surface area (TPSA) is 60.8 Å². The van der Waals surface area contributed by atoms with Crippen molar-refractivity contribution in [1.82, 2.24) is 4.90 Å². The molecule has 1 saturated heterocycles. The van der Waals surface area contributed by atoms with E-state index in [0.717, 1.165) is 49.9 Å². The Morgan fingerprint density at radius 3 is 2.57 bits per heavy atom. The Morgan fingerprint density at radius 2 is 2.00 bits per heavy atom. The fraction of sp³-hybridized carbons (Fsp3) is 0.588. The van der Waals surface area contributed by atoms with Crippen LogP contribution >= 0.6 is 0 Å². The largest absolute Gasteiger partial charge is 0.508 e. The fourth-order valence-electron chi connectivity index (χ4n) is 3.36. The molecule has 21 heavy (non-hydrogen) atoms. The first-order chi connectivity index (χ1) is 9.98. The molecule has 4 nitrogen and oxygen atoms in total. The molecular formula is C17H23NO3. The highest BCUT2D eigenvalue weighted by molar-refractivity contribution is 5.79. The number of benzene rings is 1. The summed E-state index contributed by atoms with van der Waals surface area (Å²) >= 11 is 0. The van der Waals surface area contributed by atoms with Gasteiger partial charge in [-0.25, -0.2) is 0 Å². The van der Waals surface area contributed by atoms with Crippen LogP contribution in [0.15, 0.2) is 18.2 Å². The zero-order valence-electron chi connectivity index (χ0n) is 12.5. The van der Waals surface area contributed by atoms with Crippen molar-refractivity contribution in [2.24, 2.45) is 5.92 Å². The van der Waals surface area contributed by atoms with Crippen molar-refractivity contribution in [1.29, 1.82) is 0 Å². The van der Waals surface area contributed by atoms with E-state index in [1.807, 2.05) is 17.9 Å². The highest BCUT2D eigenvalue weighted by Crippen LogP contribution is 2.46. The molecule has 0 aromatic heterocycles. The minimum atomic E-state index is -0.414. The van der Waals surface area contributed by atoms with E-state index >= 15 is 0 Å². The summed E-state index contributed by atoms with van der Waals surface area (Å²) in [6.45, 7) is 3.42. The maximum Gasteiger partial charge on any atom is 0.226 e. The highest BCUT2D eigenvalue weighted by Gasteiger charge is 2.48. The van der Waals surface area contributed by atoms with E-state index < -0.39 is 5.60 Å². The number of carbonyl (C=O) groups excluding carboxylic acids is 1. The number of nitrogens with zero attached hydrogens (tertiary/aromatic N) is 1. The lowest BCUT2D eigenvalue weighted by atomic mass is 9.89. The van der Waals surface area contributed by atoms with Gasteiger partial charge in [0.2, 0.25) is 5.91 Å². The molecule has 0 atom stereocenters. The molecule has 1 aromatic carbocycles. The minimum absolute atomic E-state index is 0.144. The van der Waals surface area contributed by atoms with E-state index in [4.69, 9.17) is 0 Å². The van der Waals surface area contributed by atoms with Crippen molar-refractivity contribution >= 4 is 5.91 Å². The van der Waals surface area contributed by atoms with Crippen LogP contribution in [0.2, 0.25) is 0 Å². The second-order valence-electron chi connectivity index (χ2n) is 6.55. The Balaban J connectivity index is 1.56. The van der Waals surface area contributed by atoms with Gasteiger partial charge in [-0.1, -0.05) is 6.07 Å². The maximum atomic E-state index is 12.4. The van der Waals surface area contributed by atoms with Crippen molar-refractivity contribution < 1.29 is 15.0 Å². The van der Waals surface area contributed by atoms with E-state index in [9.17, 15) is 15.0 Å². The second kappa shape index (κ2) is 5.34. The Kier molecular flexibility index (Phi) is 3.66. The van der Waals surface area contributed by atoms with Crippen molar-refractivity contribution in [2.75, 3.05) is 13.1 Å². The Hall–Kier alpha value is -1.55. The number of amides is 1. The number of aromatic hydroxyl groups is 1. The van der Waals surface area contributed by atoms with Gasteiger partial charge in [-0.2, -0.15) is 0 Å². The summed E-state index contributed by atoms with van der Waals surface area (Å²) in [7, 11) is 0. The molecule has 2 aliphatic rings. The first kappa shape index (κ1) is 14.4. The summed E-state index contributed by atoms with van der Waals surface area (Å²) in [5, 5.41) is 19.6. The molecule has 1 amide bonds. The Labute approximate surface area is 125 Å².